The van der Waals surface area contributed by atoms with Gasteiger partial charge in [0.05, 0.1) is 26.7 Å². The molecule has 0 saturated heterocycles. The fourth-order valence-corrected chi connectivity index (χ4v) is 2.71. The molecule has 7 heteroatoms. The zero-order chi connectivity index (χ0) is 19.8. The van der Waals surface area contributed by atoms with Gasteiger partial charge in [0, 0.05) is 11.4 Å². The molecule has 1 amide bonds. The van der Waals surface area contributed by atoms with Crippen molar-refractivity contribution in [2.45, 2.75) is 25.3 Å². The summed E-state index contributed by atoms with van der Waals surface area (Å²) < 4.78 is 23.3. The summed E-state index contributed by atoms with van der Waals surface area (Å²) in [5.74, 6) is -1.01. The summed E-state index contributed by atoms with van der Waals surface area (Å²) in [4.78, 5) is 24.0. The normalized spacial score (nSPS) is 11.6. The van der Waals surface area contributed by atoms with E-state index in [9.17, 15) is 14.0 Å². The monoisotopic (exact) mass is 393 g/mol. The standard InChI is InChI=1S/C20H21ClFNO4/c1-26-18-9-3-13(11-16(18)22)4-10-19(24)23-17(12-20(25)27-2)14-5-7-15(21)8-6-14/h3,5-9,11,17H,4,10,12H2,1-2H3,(H,23,24). The lowest BCUT2D eigenvalue weighted by atomic mass is 10.0. The van der Waals surface area contributed by atoms with Crippen molar-refractivity contribution >= 4 is 23.5 Å². The lowest BCUT2D eigenvalue weighted by molar-refractivity contribution is -0.141. The second-order valence-electron chi connectivity index (χ2n) is 5.92. The number of hydrogen-bond acceptors (Lipinski definition) is 4. The first kappa shape index (κ1) is 20.7. The lowest BCUT2D eigenvalue weighted by Crippen LogP contribution is -2.30. The average molecular weight is 394 g/mol. The van der Waals surface area contributed by atoms with Gasteiger partial charge in [-0.25, -0.2) is 4.39 Å². The highest BCUT2D eigenvalue weighted by Gasteiger charge is 2.19. The van der Waals surface area contributed by atoms with Gasteiger partial charge in [0.15, 0.2) is 11.6 Å². The van der Waals surface area contributed by atoms with Crippen LogP contribution < -0.4 is 10.1 Å². The van der Waals surface area contributed by atoms with Gasteiger partial charge in [-0.1, -0.05) is 29.8 Å². The molecule has 2 aromatic rings. The van der Waals surface area contributed by atoms with Crippen LogP contribution in [0, 0.1) is 5.82 Å². The van der Waals surface area contributed by atoms with Crippen LogP contribution >= 0.6 is 11.6 Å². The maximum Gasteiger partial charge on any atom is 0.307 e. The summed E-state index contributed by atoms with van der Waals surface area (Å²) in [5, 5.41) is 3.38. The Bertz CT molecular complexity index is 795. The molecule has 0 aliphatic heterocycles. The molecular formula is C20H21ClFNO4. The predicted octanol–water partition coefficient (Wildman–Crippen LogP) is 3.84. The topological polar surface area (TPSA) is 64.6 Å². The van der Waals surface area contributed by atoms with E-state index in [0.717, 1.165) is 5.56 Å². The van der Waals surface area contributed by atoms with E-state index in [0.29, 0.717) is 17.0 Å². The minimum atomic E-state index is -0.533. The molecule has 1 atom stereocenters. The summed E-state index contributed by atoms with van der Waals surface area (Å²) in [6.07, 6.45) is 0.510. The van der Waals surface area contributed by atoms with Gasteiger partial charge >= 0.3 is 5.97 Å². The van der Waals surface area contributed by atoms with Crippen LogP contribution in [0.1, 0.15) is 30.0 Å². The van der Waals surface area contributed by atoms with Crippen LogP contribution in [0.5, 0.6) is 5.75 Å². The Morgan fingerprint density at radius 1 is 1.15 bits per heavy atom. The van der Waals surface area contributed by atoms with Gasteiger partial charge in [-0.3, -0.25) is 9.59 Å². The van der Waals surface area contributed by atoms with Crippen molar-refractivity contribution in [1.29, 1.82) is 0 Å². The SMILES string of the molecule is COC(=O)CC(NC(=O)CCc1ccc(OC)c(F)c1)c1ccc(Cl)cc1. The van der Waals surface area contributed by atoms with E-state index < -0.39 is 17.8 Å². The van der Waals surface area contributed by atoms with E-state index in [1.807, 2.05) is 0 Å². The highest BCUT2D eigenvalue weighted by molar-refractivity contribution is 6.30. The van der Waals surface area contributed by atoms with Crippen molar-refractivity contribution in [3.05, 3.63) is 64.4 Å². The number of benzene rings is 2. The number of rotatable bonds is 8. The van der Waals surface area contributed by atoms with Crippen molar-refractivity contribution < 1.29 is 23.5 Å². The van der Waals surface area contributed by atoms with Crippen molar-refractivity contribution in [2.24, 2.45) is 0 Å². The molecule has 1 unspecified atom stereocenters. The van der Waals surface area contributed by atoms with E-state index >= 15 is 0 Å². The number of methoxy groups -OCH3 is 2. The maximum absolute atomic E-state index is 13.7. The second kappa shape index (κ2) is 9.92. The van der Waals surface area contributed by atoms with Crippen molar-refractivity contribution in [2.75, 3.05) is 14.2 Å². The van der Waals surface area contributed by atoms with Crippen LogP contribution in [-0.4, -0.2) is 26.1 Å². The summed E-state index contributed by atoms with van der Waals surface area (Å²) >= 11 is 5.89. The molecule has 5 nitrogen and oxygen atoms in total. The summed E-state index contributed by atoms with van der Waals surface area (Å²) in [7, 11) is 2.69. The van der Waals surface area contributed by atoms with Crippen LogP contribution in [0.2, 0.25) is 5.02 Å². The molecule has 0 aromatic heterocycles. The molecule has 0 saturated carbocycles. The second-order valence-corrected chi connectivity index (χ2v) is 6.36. The van der Waals surface area contributed by atoms with Gasteiger partial charge < -0.3 is 14.8 Å². The number of carbonyl (C=O) groups excluding carboxylic acids is 2. The predicted molar refractivity (Wildman–Crippen MR) is 100 cm³/mol. The molecule has 0 spiro atoms. The summed E-state index contributed by atoms with van der Waals surface area (Å²) in [5.41, 5.74) is 1.42. The quantitative estimate of drug-likeness (QED) is 0.692. The van der Waals surface area contributed by atoms with Gasteiger partial charge in [-0.05, 0) is 41.8 Å². The minimum absolute atomic E-state index is 0.00103. The third-order valence-electron chi connectivity index (χ3n) is 4.06. The highest BCUT2D eigenvalue weighted by atomic mass is 35.5. The fraction of sp³-hybridized carbons (Fsp3) is 0.300. The van der Waals surface area contributed by atoms with Crippen molar-refractivity contribution in [3.63, 3.8) is 0 Å². The van der Waals surface area contributed by atoms with E-state index in [1.54, 1.807) is 30.3 Å². The van der Waals surface area contributed by atoms with E-state index in [-0.39, 0.29) is 24.5 Å². The van der Waals surface area contributed by atoms with Gasteiger partial charge in [-0.15, -0.1) is 0 Å². The molecule has 0 aliphatic carbocycles. The Labute approximate surface area is 162 Å². The van der Waals surface area contributed by atoms with Gasteiger partial charge in [0.2, 0.25) is 5.91 Å². The number of hydrogen-bond donors (Lipinski definition) is 1. The van der Waals surface area contributed by atoms with Crippen molar-refractivity contribution in [3.8, 4) is 5.75 Å². The molecule has 2 aromatic carbocycles. The van der Waals surface area contributed by atoms with E-state index in [2.05, 4.69) is 5.32 Å². The Kier molecular flexibility index (Phi) is 7.61. The van der Waals surface area contributed by atoms with Gasteiger partial charge in [0.25, 0.3) is 0 Å². The van der Waals surface area contributed by atoms with Crippen LogP contribution in [0.3, 0.4) is 0 Å². The molecule has 144 valence electrons. The molecule has 0 heterocycles. The van der Waals surface area contributed by atoms with Gasteiger partial charge in [0.1, 0.15) is 0 Å². The first-order valence-electron chi connectivity index (χ1n) is 8.37. The Hall–Kier alpha value is -2.60. The van der Waals surface area contributed by atoms with Crippen LogP contribution in [-0.2, 0) is 20.7 Å². The average Bonchev–Trinajstić information content (AvgIpc) is 2.66. The third kappa shape index (κ3) is 6.25. The summed E-state index contributed by atoms with van der Waals surface area (Å²) in [6, 6.07) is 10.9. The Balaban J connectivity index is 2.01. The molecule has 27 heavy (non-hydrogen) atoms. The first-order chi connectivity index (χ1) is 12.9. The van der Waals surface area contributed by atoms with Crippen LogP contribution in [0.25, 0.3) is 0 Å². The Morgan fingerprint density at radius 2 is 1.85 bits per heavy atom. The molecule has 0 radical (unpaired) electrons. The van der Waals surface area contributed by atoms with Crippen LogP contribution in [0.4, 0.5) is 4.39 Å². The molecule has 1 N–H and O–H groups in total. The largest absolute Gasteiger partial charge is 0.494 e. The van der Waals surface area contributed by atoms with Crippen LogP contribution in [0.15, 0.2) is 42.5 Å². The first-order valence-corrected chi connectivity index (χ1v) is 8.74. The fourth-order valence-electron chi connectivity index (χ4n) is 2.59. The number of esters is 1. The number of carbonyl (C=O) groups is 2. The maximum atomic E-state index is 13.7. The summed E-state index contributed by atoms with van der Waals surface area (Å²) in [6.45, 7) is 0. The smallest absolute Gasteiger partial charge is 0.307 e. The van der Waals surface area contributed by atoms with Crippen molar-refractivity contribution in [1.82, 2.24) is 5.32 Å². The van der Waals surface area contributed by atoms with E-state index in [4.69, 9.17) is 21.1 Å². The number of ether oxygens (including phenoxy) is 2. The molecule has 0 fully saturated rings. The highest BCUT2D eigenvalue weighted by Crippen LogP contribution is 2.21. The number of halogens is 2. The molecular weight excluding hydrogens is 373 g/mol. The molecule has 2 rings (SSSR count). The number of aryl methyl sites for hydroxylation is 1. The Morgan fingerprint density at radius 3 is 2.44 bits per heavy atom. The third-order valence-corrected chi connectivity index (χ3v) is 4.31. The lowest BCUT2D eigenvalue weighted by Gasteiger charge is -2.18. The number of amides is 1. The zero-order valence-corrected chi connectivity index (χ0v) is 15.9. The van der Waals surface area contributed by atoms with E-state index in [1.165, 1.54) is 26.4 Å². The number of nitrogens with one attached hydrogen (secondary N) is 1. The van der Waals surface area contributed by atoms with Gasteiger partial charge in [-0.2, -0.15) is 0 Å². The zero-order valence-electron chi connectivity index (χ0n) is 15.1. The molecule has 0 aliphatic rings. The minimum Gasteiger partial charge on any atom is -0.494 e. The molecule has 0 bridgehead atoms.